The molecule has 0 unspecified atom stereocenters. The molecule has 0 spiro atoms. The van der Waals surface area contributed by atoms with Crippen molar-refractivity contribution in [1.29, 1.82) is 0 Å². The number of carbonyl (C=O) groups is 2. The minimum atomic E-state index is -0.371. The molecule has 154 valence electrons. The van der Waals surface area contributed by atoms with Gasteiger partial charge >= 0.3 is 0 Å². The monoisotopic (exact) mass is 422 g/mol. The zero-order valence-electron chi connectivity index (χ0n) is 16.8. The van der Waals surface area contributed by atoms with Gasteiger partial charge in [0.05, 0.1) is 5.56 Å². The van der Waals surface area contributed by atoms with Crippen LogP contribution in [0.5, 0.6) is 5.75 Å². The molecule has 2 N–H and O–H groups in total. The highest BCUT2D eigenvalue weighted by molar-refractivity contribution is 6.31. The van der Waals surface area contributed by atoms with Crippen LogP contribution >= 0.6 is 11.6 Å². The highest BCUT2D eigenvalue weighted by Crippen LogP contribution is 2.25. The van der Waals surface area contributed by atoms with E-state index in [1.807, 2.05) is 42.5 Å². The van der Waals surface area contributed by atoms with Gasteiger partial charge in [-0.3, -0.25) is 9.59 Å². The molecule has 30 heavy (non-hydrogen) atoms. The lowest BCUT2D eigenvalue weighted by molar-refractivity contribution is -0.118. The van der Waals surface area contributed by atoms with Crippen LogP contribution < -0.4 is 15.4 Å². The minimum absolute atomic E-state index is 0.236. The summed E-state index contributed by atoms with van der Waals surface area (Å²) < 4.78 is 5.65. The Morgan fingerprint density at radius 2 is 1.63 bits per heavy atom. The Bertz CT molecular complexity index is 1040. The van der Waals surface area contributed by atoms with Gasteiger partial charge in [0.25, 0.3) is 11.8 Å². The van der Waals surface area contributed by atoms with Crippen molar-refractivity contribution >= 4 is 34.8 Å². The maximum atomic E-state index is 12.7. The molecule has 0 aromatic heterocycles. The van der Waals surface area contributed by atoms with Crippen LogP contribution in [0.3, 0.4) is 0 Å². The first kappa shape index (κ1) is 21.4. The topological polar surface area (TPSA) is 67.4 Å². The van der Waals surface area contributed by atoms with Gasteiger partial charge in [-0.1, -0.05) is 61.8 Å². The summed E-state index contributed by atoms with van der Waals surface area (Å²) in [6.45, 7) is 3.89. The Balaban J connectivity index is 1.70. The average molecular weight is 423 g/mol. The smallest absolute Gasteiger partial charge is 0.262 e. The SMILES string of the molecule is CC(C)c1ccccc1NC(=O)COc1ccc(Cl)cc1C(=O)Nc1ccccc1. The summed E-state index contributed by atoms with van der Waals surface area (Å²) in [5.74, 6) is -0.135. The number of amides is 2. The number of halogens is 1. The van der Waals surface area contributed by atoms with Gasteiger partial charge in [-0.25, -0.2) is 0 Å². The summed E-state index contributed by atoms with van der Waals surface area (Å²) in [5.41, 5.74) is 2.69. The Kier molecular flexibility index (Phi) is 7.09. The molecule has 3 rings (SSSR count). The number of benzene rings is 3. The standard InChI is InChI=1S/C24H23ClN2O3/c1-16(2)19-10-6-7-11-21(19)27-23(28)15-30-22-13-12-17(25)14-20(22)24(29)26-18-8-4-3-5-9-18/h3-14,16H,15H2,1-2H3,(H,26,29)(H,27,28). The Morgan fingerprint density at radius 1 is 0.933 bits per heavy atom. The highest BCUT2D eigenvalue weighted by atomic mass is 35.5. The van der Waals surface area contributed by atoms with E-state index in [1.165, 1.54) is 6.07 Å². The molecule has 3 aromatic rings. The lowest BCUT2D eigenvalue weighted by Gasteiger charge is -2.15. The molecule has 0 aliphatic carbocycles. The van der Waals surface area contributed by atoms with E-state index < -0.39 is 0 Å². The number of hydrogen-bond donors (Lipinski definition) is 2. The van der Waals surface area contributed by atoms with Gasteiger partial charge in [0, 0.05) is 16.4 Å². The third kappa shape index (κ3) is 5.61. The molecule has 0 heterocycles. The summed E-state index contributed by atoms with van der Waals surface area (Å²) >= 11 is 6.07. The number of nitrogens with one attached hydrogen (secondary N) is 2. The van der Waals surface area contributed by atoms with E-state index in [9.17, 15) is 9.59 Å². The largest absolute Gasteiger partial charge is 0.483 e. The van der Waals surface area contributed by atoms with Gasteiger partial charge in [0.15, 0.2) is 6.61 Å². The van der Waals surface area contributed by atoms with E-state index in [0.29, 0.717) is 10.7 Å². The van der Waals surface area contributed by atoms with Crippen molar-refractivity contribution in [2.75, 3.05) is 17.2 Å². The molecule has 6 heteroatoms. The number of carbonyl (C=O) groups excluding carboxylic acids is 2. The molecule has 0 fully saturated rings. The van der Waals surface area contributed by atoms with Crippen molar-refractivity contribution in [3.8, 4) is 5.75 Å². The first-order chi connectivity index (χ1) is 14.4. The second kappa shape index (κ2) is 9.94. The van der Waals surface area contributed by atoms with Crippen molar-refractivity contribution in [1.82, 2.24) is 0 Å². The molecule has 0 aliphatic rings. The summed E-state index contributed by atoms with van der Waals surface area (Å²) in [5, 5.41) is 6.07. The van der Waals surface area contributed by atoms with Crippen LogP contribution in [0.15, 0.2) is 72.8 Å². The lowest BCUT2D eigenvalue weighted by atomic mass is 10.0. The van der Waals surface area contributed by atoms with Crippen LogP contribution in [-0.4, -0.2) is 18.4 Å². The van der Waals surface area contributed by atoms with Gasteiger partial charge in [0.2, 0.25) is 0 Å². The van der Waals surface area contributed by atoms with Crippen molar-refractivity contribution in [2.24, 2.45) is 0 Å². The molecule has 0 saturated heterocycles. The molecule has 3 aromatic carbocycles. The van der Waals surface area contributed by atoms with E-state index in [4.69, 9.17) is 16.3 Å². The van der Waals surface area contributed by atoms with Crippen LogP contribution in [0.2, 0.25) is 5.02 Å². The van der Waals surface area contributed by atoms with E-state index in [-0.39, 0.29) is 35.7 Å². The highest BCUT2D eigenvalue weighted by Gasteiger charge is 2.16. The first-order valence-corrected chi connectivity index (χ1v) is 9.99. The van der Waals surface area contributed by atoms with Crippen LogP contribution in [0.1, 0.15) is 35.7 Å². The minimum Gasteiger partial charge on any atom is -0.483 e. The van der Waals surface area contributed by atoms with Gasteiger partial charge in [-0.15, -0.1) is 0 Å². The van der Waals surface area contributed by atoms with E-state index in [2.05, 4.69) is 24.5 Å². The zero-order valence-corrected chi connectivity index (χ0v) is 17.6. The number of para-hydroxylation sites is 2. The molecule has 0 aliphatic heterocycles. The number of ether oxygens (including phenoxy) is 1. The fourth-order valence-electron chi connectivity index (χ4n) is 2.97. The van der Waals surface area contributed by atoms with Crippen molar-refractivity contribution < 1.29 is 14.3 Å². The Hall–Kier alpha value is -3.31. The van der Waals surface area contributed by atoms with Crippen LogP contribution in [0.4, 0.5) is 11.4 Å². The van der Waals surface area contributed by atoms with Gasteiger partial charge in [-0.05, 0) is 47.9 Å². The molecule has 0 radical (unpaired) electrons. The van der Waals surface area contributed by atoms with E-state index in [0.717, 1.165) is 11.3 Å². The predicted octanol–water partition coefficient (Wildman–Crippen LogP) is 5.73. The molecule has 0 saturated carbocycles. The van der Waals surface area contributed by atoms with Crippen molar-refractivity contribution in [3.63, 3.8) is 0 Å². The molecular weight excluding hydrogens is 400 g/mol. The molecular formula is C24H23ClN2O3. The Morgan fingerprint density at radius 3 is 2.37 bits per heavy atom. The third-order valence-corrected chi connectivity index (χ3v) is 4.67. The summed E-state index contributed by atoms with van der Waals surface area (Å²) in [7, 11) is 0. The number of hydrogen-bond acceptors (Lipinski definition) is 3. The average Bonchev–Trinajstić information content (AvgIpc) is 2.73. The Labute approximate surface area is 181 Å². The maximum Gasteiger partial charge on any atom is 0.262 e. The number of anilines is 2. The summed E-state index contributed by atoms with van der Waals surface area (Å²) in [6, 6.07) is 21.4. The van der Waals surface area contributed by atoms with Crippen LogP contribution in [-0.2, 0) is 4.79 Å². The van der Waals surface area contributed by atoms with Crippen molar-refractivity contribution in [2.45, 2.75) is 19.8 Å². The van der Waals surface area contributed by atoms with Gasteiger partial charge in [-0.2, -0.15) is 0 Å². The number of rotatable bonds is 7. The summed E-state index contributed by atoms with van der Waals surface area (Å²) in [4.78, 5) is 25.1. The molecule has 0 atom stereocenters. The van der Waals surface area contributed by atoms with Gasteiger partial charge < -0.3 is 15.4 Å². The molecule has 5 nitrogen and oxygen atoms in total. The molecule has 2 amide bonds. The maximum absolute atomic E-state index is 12.7. The zero-order chi connectivity index (χ0) is 21.5. The lowest BCUT2D eigenvalue weighted by Crippen LogP contribution is -2.22. The predicted molar refractivity (Wildman–Crippen MR) is 121 cm³/mol. The fourth-order valence-corrected chi connectivity index (χ4v) is 3.14. The second-order valence-corrected chi connectivity index (χ2v) is 7.48. The molecule has 0 bridgehead atoms. The second-order valence-electron chi connectivity index (χ2n) is 7.04. The quantitative estimate of drug-likeness (QED) is 0.510. The van der Waals surface area contributed by atoms with E-state index >= 15 is 0 Å². The van der Waals surface area contributed by atoms with Crippen LogP contribution in [0.25, 0.3) is 0 Å². The van der Waals surface area contributed by atoms with Gasteiger partial charge in [0.1, 0.15) is 5.75 Å². The fraction of sp³-hybridized carbons (Fsp3) is 0.167. The third-order valence-electron chi connectivity index (χ3n) is 4.43. The van der Waals surface area contributed by atoms with Crippen LogP contribution in [0, 0.1) is 0 Å². The van der Waals surface area contributed by atoms with E-state index in [1.54, 1.807) is 24.3 Å². The first-order valence-electron chi connectivity index (χ1n) is 9.61. The summed E-state index contributed by atoms with van der Waals surface area (Å²) in [6.07, 6.45) is 0. The normalized spacial score (nSPS) is 10.5. The van der Waals surface area contributed by atoms with Crippen molar-refractivity contribution in [3.05, 3.63) is 88.9 Å².